The summed E-state index contributed by atoms with van der Waals surface area (Å²) in [6, 6.07) is 1.86. The van der Waals surface area contributed by atoms with E-state index in [0.29, 0.717) is 38.4 Å². The smallest absolute Gasteiger partial charge is 0.277 e. The molecule has 1 aliphatic rings. The van der Waals surface area contributed by atoms with Gasteiger partial charge in [-0.2, -0.15) is 5.10 Å². The number of hydrogen-bond donors (Lipinski definition) is 0. The Labute approximate surface area is 128 Å². The molecule has 1 saturated heterocycles. The van der Waals surface area contributed by atoms with Crippen molar-refractivity contribution in [2.75, 3.05) is 26.3 Å². The SMILES string of the molecule is CCn1nc(C)c2ccn(CC(=O)N3CCOCC3)c(=O)c21. The van der Waals surface area contributed by atoms with Crippen molar-refractivity contribution in [3.8, 4) is 0 Å². The zero-order valence-electron chi connectivity index (χ0n) is 12.9. The average Bonchev–Trinajstić information content (AvgIpc) is 2.87. The van der Waals surface area contributed by atoms with Gasteiger partial charge in [0.2, 0.25) is 5.91 Å². The van der Waals surface area contributed by atoms with Gasteiger partial charge in [-0.05, 0) is 19.9 Å². The second-order valence-corrected chi connectivity index (χ2v) is 5.41. The van der Waals surface area contributed by atoms with Crippen molar-refractivity contribution >= 4 is 16.8 Å². The van der Waals surface area contributed by atoms with Gasteiger partial charge in [-0.25, -0.2) is 0 Å². The molecule has 118 valence electrons. The number of hydrogen-bond acceptors (Lipinski definition) is 4. The van der Waals surface area contributed by atoms with Crippen LogP contribution in [0, 0.1) is 6.92 Å². The number of amides is 1. The zero-order valence-corrected chi connectivity index (χ0v) is 12.9. The number of pyridine rings is 1. The van der Waals surface area contributed by atoms with E-state index in [1.165, 1.54) is 4.57 Å². The lowest BCUT2D eigenvalue weighted by Crippen LogP contribution is -2.43. The molecule has 7 nitrogen and oxygen atoms in total. The molecule has 1 aliphatic heterocycles. The van der Waals surface area contributed by atoms with Gasteiger partial charge in [0.05, 0.1) is 18.9 Å². The van der Waals surface area contributed by atoms with Crippen molar-refractivity contribution in [1.29, 1.82) is 0 Å². The predicted octanol–water partition coefficient (Wildman–Crippen LogP) is 0.385. The Balaban J connectivity index is 1.92. The molecule has 0 aromatic carbocycles. The first-order valence-corrected chi connectivity index (χ1v) is 7.54. The van der Waals surface area contributed by atoms with Crippen LogP contribution in [-0.4, -0.2) is 51.5 Å². The second kappa shape index (κ2) is 5.92. The van der Waals surface area contributed by atoms with Gasteiger partial charge in [0, 0.05) is 31.2 Å². The first-order chi connectivity index (χ1) is 10.6. The van der Waals surface area contributed by atoms with Gasteiger partial charge in [-0.1, -0.05) is 0 Å². The Morgan fingerprint density at radius 2 is 2.09 bits per heavy atom. The maximum Gasteiger partial charge on any atom is 0.277 e. The summed E-state index contributed by atoms with van der Waals surface area (Å²) in [4.78, 5) is 26.7. The van der Waals surface area contributed by atoms with Gasteiger partial charge in [0.1, 0.15) is 12.1 Å². The topological polar surface area (TPSA) is 69.4 Å². The summed E-state index contributed by atoms with van der Waals surface area (Å²) in [5.41, 5.74) is 1.24. The van der Waals surface area contributed by atoms with Crippen LogP contribution in [0.1, 0.15) is 12.6 Å². The molecule has 0 spiro atoms. The van der Waals surface area contributed by atoms with Gasteiger partial charge in [-0.15, -0.1) is 0 Å². The van der Waals surface area contributed by atoms with Crippen molar-refractivity contribution in [1.82, 2.24) is 19.2 Å². The minimum Gasteiger partial charge on any atom is -0.378 e. The number of carbonyl (C=O) groups is 1. The highest BCUT2D eigenvalue weighted by atomic mass is 16.5. The lowest BCUT2D eigenvalue weighted by atomic mass is 10.2. The van der Waals surface area contributed by atoms with E-state index in [9.17, 15) is 9.59 Å². The van der Waals surface area contributed by atoms with Gasteiger partial charge in [0.15, 0.2) is 0 Å². The molecule has 3 heterocycles. The number of rotatable bonds is 3. The van der Waals surface area contributed by atoms with Crippen LogP contribution in [0.3, 0.4) is 0 Å². The quantitative estimate of drug-likeness (QED) is 0.822. The number of nitrogens with zero attached hydrogens (tertiary/aromatic N) is 4. The molecule has 22 heavy (non-hydrogen) atoms. The van der Waals surface area contributed by atoms with E-state index in [1.54, 1.807) is 15.8 Å². The molecule has 3 rings (SSSR count). The Morgan fingerprint density at radius 1 is 1.36 bits per heavy atom. The Hall–Kier alpha value is -2.15. The lowest BCUT2D eigenvalue weighted by Gasteiger charge is -2.27. The van der Waals surface area contributed by atoms with E-state index < -0.39 is 0 Å². The third-order valence-corrected chi connectivity index (χ3v) is 4.03. The average molecular weight is 304 g/mol. The van der Waals surface area contributed by atoms with E-state index in [0.717, 1.165) is 11.1 Å². The molecule has 0 aliphatic carbocycles. The van der Waals surface area contributed by atoms with Crippen LogP contribution < -0.4 is 5.56 Å². The van der Waals surface area contributed by atoms with Gasteiger partial charge < -0.3 is 14.2 Å². The normalized spacial score (nSPS) is 15.5. The number of aromatic nitrogens is 3. The molecule has 1 fully saturated rings. The molecule has 0 unspecified atom stereocenters. The minimum absolute atomic E-state index is 0.0518. The summed E-state index contributed by atoms with van der Waals surface area (Å²) >= 11 is 0. The summed E-state index contributed by atoms with van der Waals surface area (Å²) in [7, 11) is 0. The van der Waals surface area contributed by atoms with Crippen molar-refractivity contribution in [2.24, 2.45) is 0 Å². The first-order valence-electron chi connectivity index (χ1n) is 7.54. The highest BCUT2D eigenvalue weighted by Gasteiger charge is 2.19. The summed E-state index contributed by atoms with van der Waals surface area (Å²) < 4.78 is 8.40. The minimum atomic E-state index is -0.165. The monoisotopic (exact) mass is 304 g/mol. The molecular formula is C15H20N4O3. The Morgan fingerprint density at radius 3 is 2.77 bits per heavy atom. The molecule has 0 radical (unpaired) electrons. The summed E-state index contributed by atoms with van der Waals surface area (Å²) in [5, 5.41) is 5.22. The predicted molar refractivity (Wildman–Crippen MR) is 81.8 cm³/mol. The van der Waals surface area contributed by atoms with E-state index in [4.69, 9.17) is 4.74 Å². The largest absolute Gasteiger partial charge is 0.378 e. The fraction of sp³-hybridized carbons (Fsp3) is 0.533. The van der Waals surface area contributed by atoms with Gasteiger partial charge >= 0.3 is 0 Å². The van der Waals surface area contributed by atoms with E-state index >= 15 is 0 Å². The molecular weight excluding hydrogens is 284 g/mol. The Bertz CT molecular complexity index is 756. The van der Waals surface area contributed by atoms with Crippen LogP contribution in [0.5, 0.6) is 0 Å². The van der Waals surface area contributed by atoms with E-state index in [-0.39, 0.29) is 18.0 Å². The van der Waals surface area contributed by atoms with Crippen LogP contribution >= 0.6 is 0 Å². The fourth-order valence-corrected chi connectivity index (χ4v) is 2.80. The molecule has 2 aromatic rings. The van der Waals surface area contributed by atoms with Crippen molar-refractivity contribution in [3.05, 3.63) is 28.3 Å². The van der Waals surface area contributed by atoms with Crippen LogP contribution in [0.15, 0.2) is 17.1 Å². The van der Waals surface area contributed by atoms with Crippen LogP contribution in [0.4, 0.5) is 0 Å². The van der Waals surface area contributed by atoms with Crippen LogP contribution in [0.25, 0.3) is 10.9 Å². The number of morpholine rings is 1. The highest BCUT2D eigenvalue weighted by molar-refractivity contribution is 5.81. The third-order valence-electron chi connectivity index (χ3n) is 4.03. The molecule has 1 amide bonds. The van der Waals surface area contributed by atoms with Crippen molar-refractivity contribution in [2.45, 2.75) is 26.9 Å². The van der Waals surface area contributed by atoms with Crippen LogP contribution in [-0.2, 0) is 22.6 Å². The van der Waals surface area contributed by atoms with Crippen molar-refractivity contribution < 1.29 is 9.53 Å². The number of ether oxygens (including phenoxy) is 1. The second-order valence-electron chi connectivity index (χ2n) is 5.41. The maximum atomic E-state index is 12.6. The molecule has 7 heteroatoms. The number of fused-ring (bicyclic) bond motifs is 1. The number of aryl methyl sites for hydroxylation is 2. The molecule has 0 saturated carbocycles. The molecule has 0 atom stereocenters. The summed E-state index contributed by atoms with van der Waals surface area (Å²) in [6.07, 6.45) is 1.68. The zero-order chi connectivity index (χ0) is 15.7. The number of carbonyl (C=O) groups excluding carboxylic acids is 1. The van der Waals surface area contributed by atoms with E-state index in [1.807, 2.05) is 19.9 Å². The lowest BCUT2D eigenvalue weighted by molar-refractivity contribution is -0.135. The highest BCUT2D eigenvalue weighted by Crippen LogP contribution is 2.14. The first kappa shape index (κ1) is 14.8. The molecule has 0 N–H and O–H groups in total. The van der Waals surface area contributed by atoms with E-state index in [2.05, 4.69) is 5.10 Å². The van der Waals surface area contributed by atoms with Gasteiger partial charge in [-0.3, -0.25) is 14.3 Å². The molecule has 0 bridgehead atoms. The fourth-order valence-electron chi connectivity index (χ4n) is 2.80. The third kappa shape index (κ3) is 2.52. The molecule has 2 aromatic heterocycles. The van der Waals surface area contributed by atoms with Crippen LogP contribution in [0.2, 0.25) is 0 Å². The summed E-state index contributed by atoms with van der Waals surface area (Å²) in [5.74, 6) is -0.0518. The standard InChI is InChI=1S/C15H20N4O3/c1-3-19-14-12(11(2)16-19)4-5-18(15(14)21)10-13(20)17-6-8-22-9-7-17/h4-5H,3,6-10H2,1-2H3. The summed E-state index contributed by atoms with van der Waals surface area (Å²) in [6.45, 7) is 6.80. The van der Waals surface area contributed by atoms with Gasteiger partial charge in [0.25, 0.3) is 5.56 Å². The van der Waals surface area contributed by atoms with Crippen molar-refractivity contribution in [3.63, 3.8) is 0 Å². The maximum absolute atomic E-state index is 12.6. The Kier molecular flexibility index (Phi) is 3.98.